The van der Waals surface area contributed by atoms with Gasteiger partial charge in [0.25, 0.3) is 5.69 Å². The molecule has 114 valence electrons. The average Bonchev–Trinajstić information content (AvgIpc) is 2.51. The molecule has 0 fully saturated rings. The first-order valence-corrected chi connectivity index (χ1v) is 6.43. The minimum atomic E-state index is -1.09. The van der Waals surface area contributed by atoms with Gasteiger partial charge in [-0.1, -0.05) is 19.1 Å². The number of hydrogen-bond donors (Lipinski definition) is 3. The number of nitro benzene ring substituents is 1. The van der Waals surface area contributed by atoms with Crippen LogP contribution in [-0.4, -0.2) is 39.8 Å². The quantitative estimate of drug-likeness (QED) is 0.392. The fourth-order valence-electron chi connectivity index (χ4n) is 1.70. The van der Waals surface area contributed by atoms with Crippen LogP contribution in [-0.2, 0) is 4.79 Å². The van der Waals surface area contributed by atoms with Gasteiger partial charge >= 0.3 is 0 Å². The second-order valence-electron chi connectivity index (χ2n) is 4.59. The average molecular weight is 294 g/mol. The monoisotopic (exact) mass is 294 g/mol. The Labute approximate surface area is 122 Å². The topological polar surface area (TPSA) is 113 Å². The van der Waals surface area contributed by atoms with Crippen LogP contribution in [0.25, 0.3) is 6.08 Å². The highest BCUT2D eigenvalue weighted by molar-refractivity contribution is 5.92. The summed E-state index contributed by atoms with van der Waals surface area (Å²) in [4.78, 5) is 22.1. The molecule has 0 saturated carbocycles. The van der Waals surface area contributed by atoms with Crippen LogP contribution in [0.15, 0.2) is 30.3 Å². The minimum Gasteiger partial charge on any atom is -0.394 e. The smallest absolute Gasteiger partial charge is 0.276 e. The molecule has 0 aliphatic carbocycles. The van der Waals surface area contributed by atoms with Crippen molar-refractivity contribution in [1.82, 2.24) is 5.32 Å². The molecule has 0 saturated heterocycles. The number of nitrogens with one attached hydrogen (secondary N) is 1. The van der Waals surface area contributed by atoms with Crippen LogP contribution in [0, 0.1) is 10.1 Å². The van der Waals surface area contributed by atoms with Crippen LogP contribution in [0.4, 0.5) is 5.69 Å². The highest BCUT2D eigenvalue weighted by atomic mass is 16.6. The maximum atomic E-state index is 11.8. The van der Waals surface area contributed by atoms with Crippen molar-refractivity contribution < 1.29 is 19.9 Å². The first-order valence-electron chi connectivity index (χ1n) is 6.43. The summed E-state index contributed by atoms with van der Waals surface area (Å²) < 4.78 is 0. The van der Waals surface area contributed by atoms with Gasteiger partial charge in [0, 0.05) is 12.1 Å². The van der Waals surface area contributed by atoms with Gasteiger partial charge in [-0.2, -0.15) is 0 Å². The number of aliphatic hydroxyl groups is 2. The van der Waals surface area contributed by atoms with Gasteiger partial charge in [0.2, 0.25) is 5.91 Å². The predicted octanol–water partition coefficient (Wildman–Crippen LogP) is 0.858. The van der Waals surface area contributed by atoms with Gasteiger partial charge in [0.15, 0.2) is 0 Å². The number of carbonyl (C=O) groups excluding carboxylic acids is 1. The Morgan fingerprint density at radius 3 is 2.52 bits per heavy atom. The van der Waals surface area contributed by atoms with Crippen molar-refractivity contribution in [3.8, 4) is 0 Å². The number of nitro groups is 1. The van der Waals surface area contributed by atoms with E-state index in [-0.39, 0.29) is 5.69 Å². The van der Waals surface area contributed by atoms with Crippen molar-refractivity contribution in [1.29, 1.82) is 0 Å². The molecule has 7 heteroatoms. The predicted molar refractivity (Wildman–Crippen MR) is 77.5 cm³/mol. The van der Waals surface area contributed by atoms with E-state index >= 15 is 0 Å². The summed E-state index contributed by atoms with van der Waals surface area (Å²) in [6, 6.07) is 6.03. The number of para-hydroxylation sites is 1. The van der Waals surface area contributed by atoms with Crippen molar-refractivity contribution in [2.24, 2.45) is 0 Å². The Morgan fingerprint density at radius 1 is 1.38 bits per heavy atom. The fourth-order valence-corrected chi connectivity index (χ4v) is 1.70. The lowest BCUT2D eigenvalue weighted by molar-refractivity contribution is -0.385. The summed E-state index contributed by atoms with van der Waals surface area (Å²) in [7, 11) is 0. The molecule has 0 spiro atoms. The Morgan fingerprint density at radius 2 is 2.00 bits per heavy atom. The van der Waals surface area contributed by atoms with Crippen molar-refractivity contribution in [3.63, 3.8) is 0 Å². The minimum absolute atomic E-state index is 0.104. The first kappa shape index (κ1) is 16.8. The van der Waals surface area contributed by atoms with Crippen molar-refractivity contribution >= 4 is 17.7 Å². The normalized spacial score (nSPS) is 11.6. The van der Waals surface area contributed by atoms with E-state index in [2.05, 4.69) is 5.32 Å². The summed E-state index contributed by atoms with van der Waals surface area (Å²) in [5.41, 5.74) is -0.898. The highest BCUT2D eigenvalue weighted by Gasteiger charge is 2.27. The molecule has 1 rings (SSSR count). The molecule has 0 aromatic heterocycles. The molecule has 0 bridgehead atoms. The summed E-state index contributed by atoms with van der Waals surface area (Å²) in [5, 5.41) is 31.8. The molecule has 1 aromatic carbocycles. The van der Waals surface area contributed by atoms with Crippen LogP contribution >= 0.6 is 0 Å². The Balaban J connectivity index is 2.86. The molecule has 3 N–H and O–H groups in total. The molecular weight excluding hydrogens is 276 g/mol. The Hall–Kier alpha value is -2.25. The standard InChI is InChI=1S/C14H18N2O5/c1-2-14(9-17,10-18)15-13(19)8-7-11-5-3-4-6-12(11)16(20)21/h3-8,17-18H,2,9-10H2,1H3,(H,15,19)/b8-7+. The lowest BCUT2D eigenvalue weighted by Crippen LogP contribution is -2.53. The molecule has 21 heavy (non-hydrogen) atoms. The van der Waals surface area contributed by atoms with Crippen LogP contribution in [0.2, 0.25) is 0 Å². The van der Waals surface area contributed by atoms with E-state index in [0.717, 1.165) is 6.08 Å². The molecule has 0 aliphatic rings. The largest absolute Gasteiger partial charge is 0.394 e. The van der Waals surface area contributed by atoms with E-state index in [1.54, 1.807) is 13.0 Å². The maximum Gasteiger partial charge on any atom is 0.276 e. The zero-order valence-corrected chi connectivity index (χ0v) is 11.7. The van der Waals surface area contributed by atoms with Crippen molar-refractivity contribution in [2.75, 3.05) is 13.2 Å². The van der Waals surface area contributed by atoms with Gasteiger partial charge in [0.1, 0.15) is 0 Å². The number of rotatable bonds is 7. The molecule has 0 heterocycles. The van der Waals surface area contributed by atoms with Crippen LogP contribution in [0.1, 0.15) is 18.9 Å². The zero-order valence-electron chi connectivity index (χ0n) is 11.7. The third-order valence-corrected chi connectivity index (χ3v) is 3.22. The van der Waals surface area contributed by atoms with Gasteiger partial charge in [-0.05, 0) is 18.6 Å². The van der Waals surface area contributed by atoms with Crippen molar-refractivity contribution in [3.05, 3.63) is 46.0 Å². The molecule has 1 amide bonds. The summed E-state index contributed by atoms with van der Waals surface area (Å²) >= 11 is 0. The lowest BCUT2D eigenvalue weighted by Gasteiger charge is -2.28. The van der Waals surface area contributed by atoms with E-state index in [4.69, 9.17) is 0 Å². The van der Waals surface area contributed by atoms with Crippen LogP contribution in [0.5, 0.6) is 0 Å². The second-order valence-corrected chi connectivity index (χ2v) is 4.59. The molecule has 0 unspecified atom stereocenters. The summed E-state index contributed by atoms with van der Waals surface area (Å²) in [6.45, 7) is 0.925. The number of amides is 1. The SMILES string of the molecule is CCC(CO)(CO)NC(=O)/C=C/c1ccccc1[N+](=O)[O-]. The van der Waals surface area contributed by atoms with E-state index < -0.39 is 29.6 Å². The first-order chi connectivity index (χ1) is 9.98. The Bertz CT molecular complexity index is 530. The molecule has 0 aliphatic heterocycles. The van der Waals surface area contributed by atoms with Gasteiger partial charge in [0.05, 0.1) is 29.2 Å². The number of carbonyl (C=O) groups is 1. The Kier molecular flexibility index (Phi) is 6.01. The van der Waals surface area contributed by atoms with E-state index in [1.165, 1.54) is 24.3 Å². The third-order valence-electron chi connectivity index (χ3n) is 3.22. The molecular formula is C14H18N2O5. The molecule has 7 nitrogen and oxygen atoms in total. The van der Waals surface area contributed by atoms with E-state index in [1.807, 2.05) is 0 Å². The highest BCUT2D eigenvalue weighted by Crippen LogP contribution is 2.19. The van der Waals surface area contributed by atoms with Gasteiger partial charge in [-0.25, -0.2) is 0 Å². The zero-order chi connectivity index (χ0) is 15.9. The van der Waals surface area contributed by atoms with Gasteiger partial charge in [-0.15, -0.1) is 0 Å². The number of hydrogen-bond acceptors (Lipinski definition) is 5. The number of nitrogens with zero attached hydrogens (tertiary/aromatic N) is 1. The summed E-state index contributed by atoms with van der Waals surface area (Å²) in [6.07, 6.45) is 2.81. The van der Waals surface area contributed by atoms with Gasteiger partial charge < -0.3 is 15.5 Å². The third kappa shape index (κ3) is 4.37. The van der Waals surface area contributed by atoms with E-state index in [9.17, 15) is 25.1 Å². The maximum absolute atomic E-state index is 11.8. The lowest BCUT2D eigenvalue weighted by atomic mass is 9.98. The van der Waals surface area contributed by atoms with Gasteiger partial charge in [-0.3, -0.25) is 14.9 Å². The van der Waals surface area contributed by atoms with E-state index in [0.29, 0.717) is 12.0 Å². The fraction of sp³-hybridized carbons (Fsp3) is 0.357. The van der Waals surface area contributed by atoms with Crippen molar-refractivity contribution in [2.45, 2.75) is 18.9 Å². The molecule has 1 aromatic rings. The van der Waals surface area contributed by atoms with Crippen LogP contribution < -0.4 is 5.32 Å². The van der Waals surface area contributed by atoms with Crippen LogP contribution in [0.3, 0.4) is 0 Å². The second kappa shape index (κ2) is 7.51. The molecule has 0 atom stereocenters. The number of benzene rings is 1. The molecule has 0 radical (unpaired) electrons. The summed E-state index contributed by atoms with van der Waals surface area (Å²) in [5.74, 6) is -0.543. The number of aliphatic hydroxyl groups excluding tert-OH is 2.